The van der Waals surface area contributed by atoms with E-state index < -0.39 is 0 Å². The summed E-state index contributed by atoms with van der Waals surface area (Å²) in [5.41, 5.74) is 5.70. The maximum absolute atomic E-state index is 12.1. The zero-order valence-corrected chi connectivity index (χ0v) is 36.1. The van der Waals surface area contributed by atoms with E-state index in [1.54, 1.807) is 0 Å². The molecule has 4 N–H and O–H groups in total. The van der Waals surface area contributed by atoms with Crippen molar-refractivity contribution in [2.45, 2.75) is 233 Å². The van der Waals surface area contributed by atoms with Gasteiger partial charge < -0.3 is 25.8 Å². The van der Waals surface area contributed by atoms with Crippen LogP contribution in [0, 0.1) is 5.92 Å². The lowest BCUT2D eigenvalue weighted by molar-refractivity contribution is -0.143. The van der Waals surface area contributed by atoms with E-state index in [9.17, 15) is 4.79 Å². The van der Waals surface area contributed by atoms with Crippen LogP contribution in [0.5, 0.6) is 0 Å². The van der Waals surface area contributed by atoms with Gasteiger partial charge in [-0.05, 0) is 44.7 Å². The van der Waals surface area contributed by atoms with E-state index in [1.165, 1.54) is 199 Å². The molecule has 0 aliphatic rings. The monoisotopic (exact) mass is 754 g/mol. The zero-order chi connectivity index (χ0) is 39.1. The van der Waals surface area contributed by atoms with E-state index in [-0.39, 0.29) is 12.4 Å². The number of nitrogens with one attached hydrogen (secondary N) is 1. The first-order chi connectivity index (χ1) is 26.1. The van der Waals surface area contributed by atoms with Crippen LogP contribution in [0.1, 0.15) is 233 Å². The third kappa shape index (κ3) is 46.9. The van der Waals surface area contributed by atoms with Crippen LogP contribution in [-0.4, -0.2) is 68.3 Å². The average Bonchev–Trinajstić information content (AvgIpc) is 3.15. The second kappa shape index (κ2) is 48.8. The fourth-order valence-electron chi connectivity index (χ4n) is 7.41. The lowest BCUT2D eigenvalue weighted by Gasteiger charge is -2.22. The van der Waals surface area contributed by atoms with Gasteiger partial charge in [-0.25, -0.2) is 0 Å². The summed E-state index contributed by atoms with van der Waals surface area (Å²) in [4.78, 5) is 23.1. The fourth-order valence-corrected chi connectivity index (χ4v) is 7.41. The summed E-state index contributed by atoms with van der Waals surface area (Å²) >= 11 is 0. The molecule has 0 atom stereocenters. The number of nitrogens with two attached hydrogens (primary N) is 1. The molecule has 0 fully saturated rings. The van der Waals surface area contributed by atoms with E-state index in [0.717, 1.165) is 44.8 Å². The van der Waals surface area contributed by atoms with Crippen LogP contribution in [0.4, 0.5) is 0 Å². The molecule has 0 amide bonds. The number of esters is 1. The Labute approximate surface area is 331 Å². The molecule has 0 saturated carbocycles. The SMILES string of the molecule is CCCCCCCCCOC(=O)CCCCCCCN(CCCCCCCC(CCCCCCCC)CCCCCCCC)CCNCCN.O=CO. The van der Waals surface area contributed by atoms with Gasteiger partial charge in [0.2, 0.25) is 0 Å². The normalized spacial score (nSPS) is 11.3. The lowest BCUT2D eigenvalue weighted by Crippen LogP contribution is -2.35. The Morgan fingerprint density at radius 3 is 1.38 bits per heavy atom. The Balaban J connectivity index is 0. The van der Waals surface area contributed by atoms with Crippen molar-refractivity contribution < 1.29 is 19.4 Å². The van der Waals surface area contributed by atoms with Gasteiger partial charge in [0.05, 0.1) is 6.61 Å². The Hall–Kier alpha value is -1.18. The van der Waals surface area contributed by atoms with Gasteiger partial charge in [-0.1, -0.05) is 201 Å². The number of hydrogen-bond acceptors (Lipinski definition) is 6. The quantitative estimate of drug-likeness (QED) is 0.0323. The molecule has 53 heavy (non-hydrogen) atoms. The lowest BCUT2D eigenvalue weighted by atomic mass is 9.89. The minimum Gasteiger partial charge on any atom is -0.483 e. The molecule has 0 rings (SSSR count). The highest BCUT2D eigenvalue weighted by atomic mass is 16.5. The first kappa shape index (κ1) is 53.9. The van der Waals surface area contributed by atoms with E-state index in [2.05, 4.69) is 31.0 Å². The predicted octanol–water partition coefficient (Wildman–Crippen LogP) is 12.6. The molecule has 0 aliphatic heterocycles. The molecule has 0 saturated heterocycles. The molecule has 318 valence electrons. The summed E-state index contributed by atoms with van der Waals surface area (Å²) in [6.07, 6.45) is 43.9. The maximum atomic E-state index is 12.1. The fraction of sp³-hybridized carbons (Fsp3) is 0.957. The molecular formula is C46H95N3O4. The van der Waals surface area contributed by atoms with Crippen molar-refractivity contribution in [3.8, 4) is 0 Å². The number of rotatable bonds is 43. The van der Waals surface area contributed by atoms with Crippen molar-refractivity contribution >= 4 is 12.4 Å². The van der Waals surface area contributed by atoms with Crippen LogP contribution in [-0.2, 0) is 14.3 Å². The smallest absolute Gasteiger partial charge is 0.305 e. The predicted molar refractivity (Wildman–Crippen MR) is 231 cm³/mol. The molecule has 0 heterocycles. The van der Waals surface area contributed by atoms with E-state index in [4.69, 9.17) is 20.4 Å². The Kier molecular flexibility index (Phi) is 49.7. The maximum Gasteiger partial charge on any atom is 0.305 e. The van der Waals surface area contributed by atoms with Gasteiger partial charge in [-0.3, -0.25) is 9.59 Å². The van der Waals surface area contributed by atoms with E-state index >= 15 is 0 Å². The second-order valence-corrected chi connectivity index (χ2v) is 15.9. The number of nitrogens with zero attached hydrogens (tertiary/aromatic N) is 1. The van der Waals surface area contributed by atoms with Gasteiger partial charge in [0, 0.05) is 32.6 Å². The van der Waals surface area contributed by atoms with Crippen molar-refractivity contribution in [3.63, 3.8) is 0 Å². The van der Waals surface area contributed by atoms with Crippen molar-refractivity contribution in [2.24, 2.45) is 11.7 Å². The first-order valence-corrected chi connectivity index (χ1v) is 23.5. The van der Waals surface area contributed by atoms with Crippen molar-refractivity contribution in [3.05, 3.63) is 0 Å². The molecule has 7 nitrogen and oxygen atoms in total. The third-order valence-corrected chi connectivity index (χ3v) is 10.8. The molecule has 0 aromatic heterocycles. The summed E-state index contributed by atoms with van der Waals surface area (Å²) in [6.45, 7) is 13.5. The Morgan fingerprint density at radius 1 is 0.566 bits per heavy atom. The minimum atomic E-state index is -0.250. The Morgan fingerprint density at radius 2 is 0.943 bits per heavy atom. The average molecular weight is 754 g/mol. The highest BCUT2D eigenvalue weighted by molar-refractivity contribution is 5.69. The van der Waals surface area contributed by atoms with Crippen LogP contribution in [0.15, 0.2) is 0 Å². The van der Waals surface area contributed by atoms with Crippen molar-refractivity contribution in [1.29, 1.82) is 0 Å². The first-order valence-electron chi connectivity index (χ1n) is 23.5. The largest absolute Gasteiger partial charge is 0.483 e. The summed E-state index contributed by atoms with van der Waals surface area (Å²) < 4.78 is 5.46. The Bertz CT molecular complexity index is 680. The highest BCUT2D eigenvalue weighted by Gasteiger charge is 2.10. The molecule has 0 aromatic rings. The van der Waals surface area contributed by atoms with Gasteiger partial charge in [-0.2, -0.15) is 0 Å². The molecule has 0 unspecified atom stereocenters. The van der Waals surface area contributed by atoms with Crippen molar-refractivity contribution in [2.75, 3.05) is 45.9 Å². The topological polar surface area (TPSA) is 105 Å². The minimum absolute atomic E-state index is 0.00767. The number of unbranched alkanes of at least 4 members (excludes halogenated alkanes) is 24. The summed E-state index contributed by atoms with van der Waals surface area (Å²) in [6, 6.07) is 0. The van der Waals surface area contributed by atoms with Gasteiger partial charge in [0.1, 0.15) is 0 Å². The molecular weight excluding hydrogens is 659 g/mol. The van der Waals surface area contributed by atoms with Crippen LogP contribution in [0.3, 0.4) is 0 Å². The van der Waals surface area contributed by atoms with Gasteiger partial charge in [-0.15, -0.1) is 0 Å². The standard InChI is InChI=1S/C45H93N3O2.CH2O2/c1-4-7-10-13-16-25-32-43-50-45(49)36-29-22-18-24-31-41-48(42-39-47-38-37-46)40-30-23-17-21-28-35-44(33-26-19-14-11-8-5-2)34-27-20-15-12-9-6-3;2-1-3/h44,47H,4-43,46H2,1-3H3;1H,(H,2,3). The van der Waals surface area contributed by atoms with Gasteiger partial charge >= 0.3 is 5.97 Å². The van der Waals surface area contributed by atoms with Crippen LogP contribution >= 0.6 is 0 Å². The summed E-state index contributed by atoms with van der Waals surface area (Å²) in [7, 11) is 0. The van der Waals surface area contributed by atoms with Crippen molar-refractivity contribution in [1.82, 2.24) is 10.2 Å². The molecule has 0 aliphatic carbocycles. The second-order valence-electron chi connectivity index (χ2n) is 15.9. The third-order valence-electron chi connectivity index (χ3n) is 10.8. The summed E-state index contributed by atoms with van der Waals surface area (Å²) in [5.74, 6) is 0.991. The number of carbonyl (C=O) groups excluding carboxylic acids is 1. The van der Waals surface area contributed by atoms with Crippen LogP contribution in [0.25, 0.3) is 0 Å². The number of ether oxygens (including phenoxy) is 1. The van der Waals surface area contributed by atoms with E-state index in [1.807, 2.05) is 0 Å². The molecule has 0 spiro atoms. The molecule has 0 radical (unpaired) electrons. The summed E-state index contributed by atoms with van der Waals surface area (Å²) in [5, 5.41) is 10.4. The molecule has 0 bridgehead atoms. The van der Waals surface area contributed by atoms with Crippen LogP contribution in [0.2, 0.25) is 0 Å². The number of carboxylic acid groups (broad SMARTS) is 1. The number of hydrogen-bond donors (Lipinski definition) is 3. The van der Waals surface area contributed by atoms with Gasteiger partial charge in [0.25, 0.3) is 6.47 Å². The highest BCUT2D eigenvalue weighted by Crippen LogP contribution is 2.25. The van der Waals surface area contributed by atoms with Gasteiger partial charge in [0.15, 0.2) is 0 Å². The van der Waals surface area contributed by atoms with Crippen LogP contribution < -0.4 is 11.1 Å². The van der Waals surface area contributed by atoms with E-state index in [0.29, 0.717) is 19.6 Å². The molecule has 7 heteroatoms. The number of carbonyl (C=O) groups is 2. The molecule has 0 aromatic carbocycles. The zero-order valence-electron chi connectivity index (χ0n) is 36.1.